The lowest BCUT2D eigenvalue weighted by molar-refractivity contribution is 0.0948. The number of nitrogens with zero attached hydrogens (tertiary/aromatic N) is 2. The number of hydrogen-bond acceptors (Lipinski definition) is 3. The van der Waals surface area contributed by atoms with E-state index in [1.54, 1.807) is 24.7 Å². The molecule has 0 unspecified atom stereocenters. The Morgan fingerprint density at radius 2 is 2.17 bits per heavy atom. The maximum atomic E-state index is 12.2. The second kappa shape index (κ2) is 4.60. The van der Waals surface area contributed by atoms with Gasteiger partial charge in [-0.15, -0.1) is 0 Å². The first kappa shape index (κ1) is 12.3. The lowest BCUT2D eigenvalue weighted by Crippen LogP contribution is -2.31. The van der Waals surface area contributed by atoms with Crippen molar-refractivity contribution in [2.24, 2.45) is 7.05 Å². The van der Waals surface area contributed by atoms with E-state index in [0.29, 0.717) is 11.9 Å². The van der Waals surface area contributed by atoms with Gasteiger partial charge in [-0.2, -0.15) is 5.10 Å². The zero-order chi connectivity index (χ0) is 13.3. The van der Waals surface area contributed by atoms with Crippen LogP contribution in [-0.4, -0.2) is 22.2 Å². The molecule has 5 nitrogen and oxygen atoms in total. The van der Waals surface area contributed by atoms with Crippen LogP contribution in [0.3, 0.4) is 0 Å². The van der Waals surface area contributed by atoms with Gasteiger partial charge < -0.3 is 5.32 Å². The van der Waals surface area contributed by atoms with Gasteiger partial charge >= 0.3 is 0 Å². The minimum Gasteiger partial charge on any atom is -0.351 e. The Kier molecular flexibility index (Phi) is 3.14. The van der Waals surface area contributed by atoms with E-state index in [-0.39, 0.29) is 11.1 Å². The molecule has 0 bridgehead atoms. The maximum Gasteiger partial charge on any atom is 0.275 e. The molecule has 0 aliphatic carbocycles. The molecule has 0 aliphatic rings. The summed E-state index contributed by atoms with van der Waals surface area (Å²) in [5.41, 5.74) is 1.32. The van der Waals surface area contributed by atoms with Crippen molar-refractivity contribution in [3.8, 4) is 0 Å². The summed E-state index contributed by atoms with van der Waals surface area (Å²) < 4.78 is 1.56. The number of nitrogens with one attached hydrogen (secondary N) is 1. The molecule has 1 N–H and O–H groups in total. The Balaban J connectivity index is 2.75. The summed E-state index contributed by atoms with van der Waals surface area (Å²) in [6, 6.07) is 5.53. The van der Waals surface area contributed by atoms with Crippen molar-refractivity contribution in [1.29, 1.82) is 0 Å². The number of carbonyl (C=O) groups is 1. The third-order valence-electron chi connectivity index (χ3n) is 2.76. The Morgan fingerprint density at radius 1 is 1.44 bits per heavy atom. The van der Waals surface area contributed by atoms with E-state index in [1.165, 1.54) is 0 Å². The summed E-state index contributed by atoms with van der Waals surface area (Å²) in [5.74, 6) is -0.429. The van der Waals surface area contributed by atoms with Gasteiger partial charge in [0.05, 0.1) is 10.9 Å². The van der Waals surface area contributed by atoms with Gasteiger partial charge in [-0.3, -0.25) is 14.3 Å². The number of benzene rings is 1. The molecule has 0 radical (unpaired) electrons. The summed E-state index contributed by atoms with van der Waals surface area (Å²) in [6.07, 6.45) is 0. The van der Waals surface area contributed by atoms with Crippen LogP contribution in [0.2, 0.25) is 0 Å². The van der Waals surface area contributed by atoms with Crippen LogP contribution in [0.15, 0.2) is 23.0 Å². The van der Waals surface area contributed by atoms with Crippen LogP contribution in [0.4, 0.5) is 0 Å². The lowest BCUT2D eigenvalue weighted by Gasteiger charge is -2.08. The van der Waals surface area contributed by atoms with Crippen molar-refractivity contribution in [2.45, 2.75) is 13.8 Å². The molecule has 1 aromatic heterocycles. The molecule has 0 aliphatic heterocycles. The summed E-state index contributed by atoms with van der Waals surface area (Å²) in [7, 11) is 1.72. The molecule has 1 amide bonds. The van der Waals surface area contributed by atoms with Crippen LogP contribution >= 0.6 is 0 Å². The topological polar surface area (TPSA) is 64.0 Å². The summed E-state index contributed by atoms with van der Waals surface area (Å²) in [6.45, 7) is 4.17. The highest BCUT2D eigenvalue weighted by Gasteiger charge is 2.15. The monoisotopic (exact) mass is 245 g/mol. The molecule has 0 fully saturated rings. The van der Waals surface area contributed by atoms with Gasteiger partial charge in [0.15, 0.2) is 5.69 Å². The van der Waals surface area contributed by atoms with Crippen molar-refractivity contribution in [1.82, 2.24) is 15.1 Å². The smallest absolute Gasteiger partial charge is 0.275 e. The highest BCUT2D eigenvalue weighted by atomic mass is 16.2. The molecule has 5 heteroatoms. The van der Waals surface area contributed by atoms with Crippen molar-refractivity contribution < 1.29 is 4.79 Å². The van der Waals surface area contributed by atoms with E-state index in [0.717, 1.165) is 11.1 Å². The number of hydrogen-bond donors (Lipinski definition) is 1. The largest absolute Gasteiger partial charge is 0.351 e. The second-order valence-electron chi connectivity index (χ2n) is 4.18. The van der Waals surface area contributed by atoms with Crippen molar-refractivity contribution in [2.75, 3.05) is 6.54 Å². The first-order chi connectivity index (χ1) is 8.54. The van der Waals surface area contributed by atoms with Crippen LogP contribution < -0.4 is 10.7 Å². The van der Waals surface area contributed by atoms with Gasteiger partial charge in [0.2, 0.25) is 5.43 Å². The van der Waals surface area contributed by atoms with Gasteiger partial charge in [-0.05, 0) is 26.0 Å². The third-order valence-corrected chi connectivity index (χ3v) is 2.76. The van der Waals surface area contributed by atoms with Crippen LogP contribution in [0.25, 0.3) is 10.9 Å². The quantitative estimate of drug-likeness (QED) is 0.858. The molecule has 2 aromatic rings. The molecule has 2 rings (SSSR count). The van der Waals surface area contributed by atoms with Crippen molar-refractivity contribution in [3.05, 3.63) is 39.7 Å². The Hall–Kier alpha value is -2.17. The van der Waals surface area contributed by atoms with Gasteiger partial charge in [0.25, 0.3) is 5.91 Å². The van der Waals surface area contributed by atoms with Crippen LogP contribution in [0.5, 0.6) is 0 Å². The Bertz CT molecular complexity index is 674. The highest BCUT2D eigenvalue weighted by Crippen LogP contribution is 2.11. The zero-order valence-electron chi connectivity index (χ0n) is 10.7. The molecule has 0 saturated heterocycles. The number of aryl methyl sites for hydroxylation is 2. The summed E-state index contributed by atoms with van der Waals surface area (Å²) in [4.78, 5) is 24.0. The van der Waals surface area contributed by atoms with Gasteiger partial charge in [0, 0.05) is 13.6 Å². The normalized spacial score (nSPS) is 10.6. The number of carbonyl (C=O) groups excluding carboxylic acids is 1. The standard InChI is InChI=1S/C13H15N3O2/c1-4-14-13(18)11-12(17)9-7-8(2)5-6-10(9)16(3)15-11/h5-7H,4H2,1-3H3,(H,14,18). The SMILES string of the molecule is CCNC(=O)c1nn(C)c2ccc(C)cc2c1=O. The van der Waals surface area contributed by atoms with E-state index < -0.39 is 5.91 Å². The lowest BCUT2D eigenvalue weighted by atomic mass is 10.1. The zero-order valence-corrected chi connectivity index (χ0v) is 10.7. The third kappa shape index (κ3) is 1.99. The average molecular weight is 245 g/mol. The Labute approximate surface area is 104 Å². The molecule has 0 saturated carbocycles. The fraction of sp³-hybridized carbons (Fsp3) is 0.308. The van der Waals surface area contributed by atoms with Crippen LogP contribution in [-0.2, 0) is 7.05 Å². The fourth-order valence-corrected chi connectivity index (χ4v) is 1.88. The molecule has 94 valence electrons. The van der Waals surface area contributed by atoms with Crippen molar-refractivity contribution >= 4 is 16.8 Å². The Morgan fingerprint density at radius 3 is 2.83 bits per heavy atom. The van der Waals surface area contributed by atoms with E-state index in [2.05, 4.69) is 10.4 Å². The fourth-order valence-electron chi connectivity index (χ4n) is 1.88. The van der Waals surface area contributed by atoms with E-state index in [1.807, 2.05) is 19.1 Å². The van der Waals surface area contributed by atoms with E-state index in [4.69, 9.17) is 0 Å². The van der Waals surface area contributed by atoms with E-state index >= 15 is 0 Å². The summed E-state index contributed by atoms with van der Waals surface area (Å²) >= 11 is 0. The van der Waals surface area contributed by atoms with Crippen LogP contribution in [0, 0.1) is 6.92 Å². The predicted molar refractivity (Wildman–Crippen MR) is 69.7 cm³/mol. The molecule has 1 aromatic carbocycles. The van der Waals surface area contributed by atoms with Crippen molar-refractivity contribution in [3.63, 3.8) is 0 Å². The predicted octanol–water partition coefficient (Wildman–Crippen LogP) is 0.992. The minimum absolute atomic E-state index is 0.0579. The molecule has 1 heterocycles. The number of fused-ring (bicyclic) bond motifs is 1. The molecular weight excluding hydrogens is 230 g/mol. The molecular formula is C13H15N3O2. The first-order valence-corrected chi connectivity index (χ1v) is 5.80. The first-order valence-electron chi connectivity index (χ1n) is 5.80. The molecule has 0 spiro atoms. The number of aromatic nitrogens is 2. The minimum atomic E-state index is -0.429. The second-order valence-corrected chi connectivity index (χ2v) is 4.18. The van der Waals surface area contributed by atoms with Crippen LogP contribution in [0.1, 0.15) is 23.0 Å². The average Bonchev–Trinajstić information content (AvgIpc) is 2.33. The van der Waals surface area contributed by atoms with Gasteiger partial charge in [0.1, 0.15) is 0 Å². The number of amides is 1. The van der Waals surface area contributed by atoms with Gasteiger partial charge in [-0.1, -0.05) is 11.6 Å². The molecule has 18 heavy (non-hydrogen) atoms. The maximum absolute atomic E-state index is 12.2. The summed E-state index contributed by atoms with van der Waals surface area (Å²) in [5, 5.41) is 7.16. The highest BCUT2D eigenvalue weighted by molar-refractivity contribution is 5.95. The van der Waals surface area contributed by atoms with E-state index in [9.17, 15) is 9.59 Å². The molecule has 0 atom stereocenters. The van der Waals surface area contributed by atoms with Gasteiger partial charge in [-0.25, -0.2) is 0 Å². The number of rotatable bonds is 2.